The highest BCUT2D eigenvalue weighted by Crippen LogP contribution is 2.30. The zero-order valence-corrected chi connectivity index (χ0v) is 9.67. The van der Waals surface area contributed by atoms with Gasteiger partial charge in [-0.1, -0.05) is 13.3 Å². The van der Waals surface area contributed by atoms with E-state index in [0.717, 1.165) is 24.2 Å². The van der Waals surface area contributed by atoms with Gasteiger partial charge in [0, 0.05) is 12.7 Å². The van der Waals surface area contributed by atoms with Crippen molar-refractivity contribution in [3.8, 4) is 0 Å². The molecule has 1 aliphatic carbocycles. The largest absolute Gasteiger partial charge is 0.370 e. The molecule has 0 bridgehead atoms. The summed E-state index contributed by atoms with van der Waals surface area (Å²) in [6.45, 7) is 3.32. The van der Waals surface area contributed by atoms with E-state index in [9.17, 15) is 0 Å². The van der Waals surface area contributed by atoms with Gasteiger partial charge in [0.2, 0.25) is 5.28 Å². The van der Waals surface area contributed by atoms with Crippen LogP contribution in [-0.2, 0) is 0 Å². The number of anilines is 1. The van der Waals surface area contributed by atoms with Gasteiger partial charge in [0.15, 0.2) is 0 Å². The van der Waals surface area contributed by atoms with Gasteiger partial charge < -0.3 is 5.32 Å². The Labute approximate surface area is 95.3 Å². The summed E-state index contributed by atoms with van der Waals surface area (Å²) in [5, 5.41) is 3.62. The van der Waals surface area contributed by atoms with Crippen molar-refractivity contribution < 1.29 is 0 Å². The molecule has 3 nitrogen and oxygen atoms in total. The van der Waals surface area contributed by atoms with E-state index < -0.39 is 0 Å². The molecule has 1 heterocycles. The zero-order chi connectivity index (χ0) is 10.7. The lowest BCUT2D eigenvalue weighted by Crippen LogP contribution is -2.12. The molecule has 15 heavy (non-hydrogen) atoms. The smallest absolute Gasteiger partial charge is 0.224 e. The normalized spacial score (nSPS) is 25.5. The molecule has 2 rings (SSSR count). The molecule has 0 aromatic carbocycles. The number of aromatic nitrogens is 2. The van der Waals surface area contributed by atoms with Crippen molar-refractivity contribution in [1.82, 2.24) is 9.97 Å². The fourth-order valence-corrected chi connectivity index (χ4v) is 2.34. The van der Waals surface area contributed by atoms with Crippen LogP contribution in [0.3, 0.4) is 0 Å². The highest BCUT2D eigenvalue weighted by atomic mass is 35.5. The topological polar surface area (TPSA) is 37.8 Å². The highest BCUT2D eigenvalue weighted by molar-refractivity contribution is 6.28. The molecule has 1 saturated carbocycles. The zero-order valence-electron chi connectivity index (χ0n) is 8.91. The first-order valence-corrected chi connectivity index (χ1v) is 5.84. The third kappa shape index (κ3) is 3.06. The Morgan fingerprint density at radius 3 is 3.07 bits per heavy atom. The van der Waals surface area contributed by atoms with Gasteiger partial charge in [0.05, 0.1) is 0 Å². The SMILES string of the molecule is CC1CCC(CNc2ccnc(Cl)n2)C1. The molecule has 2 atom stereocenters. The quantitative estimate of drug-likeness (QED) is 0.804. The van der Waals surface area contributed by atoms with Gasteiger partial charge in [-0.3, -0.25) is 0 Å². The van der Waals surface area contributed by atoms with Crippen molar-refractivity contribution in [1.29, 1.82) is 0 Å². The summed E-state index contributed by atoms with van der Waals surface area (Å²) in [4.78, 5) is 7.94. The summed E-state index contributed by atoms with van der Waals surface area (Å²) in [6, 6.07) is 1.85. The van der Waals surface area contributed by atoms with Crippen LogP contribution < -0.4 is 5.32 Å². The molecule has 0 amide bonds. The Morgan fingerprint density at radius 2 is 2.40 bits per heavy atom. The number of rotatable bonds is 3. The fraction of sp³-hybridized carbons (Fsp3) is 0.636. The summed E-state index contributed by atoms with van der Waals surface area (Å²) >= 11 is 5.70. The Kier molecular flexibility index (Phi) is 3.41. The standard InChI is InChI=1S/C11H16ClN3/c1-8-2-3-9(6-8)7-14-10-4-5-13-11(12)15-10/h4-5,8-9H,2-3,6-7H2,1H3,(H,13,14,15). The average Bonchev–Trinajstić information content (AvgIpc) is 2.62. The third-order valence-electron chi connectivity index (χ3n) is 3.00. The van der Waals surface area contributed by atoms with Gasteiger partial charge in [0.1, 0.15) is 5.82 Å². The molecule has 0 aliphatic heterocycles. The third-order valence-corrected chi connectivity index (χ3v) is 3.18. The first kappa shape index (κ1) is 10.7. The molecule has 0 radical (unpaired) electrons. The molecule has 0 saturated heterocycles. The molecule has 1 aliphatic rings. The van der Waals surface area contributed by atoms with Crippen molar-refractivity contribution in [2.24, 2.45) is 11.8 Å². The maximum Gasteiger partial charge on any atom is 0.224 e. The number of hydrogen-bond donors (Lipinski definition) is 1. The Bertz CT molecular complexity index is 329. The minimum Gasteiger partial charge on any atom is -0.370 e. The van der Waals surface area contributed by atoms with Crippen LogP contribution in [-0.4, -0.2) is 16.5 Å². The molecular formula is C11H16ClN3. The minimum absolute atomic E-state index is 0.305. The summed E-state index contributed by atoms with van der Waals surface area (Å²) in [6.07, 6.45) is 5.69. The summed E-state index contributed by atoms with van der Waals surface area (Å²) in [5.74, 6) is 2.49. The van der Waals surface area contributed by atoms with Crippen LogP contribution in [0.25, 0.3) is 0 Å². The number of nitrogens with one attached hydrogen (secondary N) is 1. The van der Waals surface area contributed by atoms with E-state index in [1.165, 1.54) is 19.3 Å². The molecule has 0 spiro atoms. The molecular weight excluding hydrogens is 210 g/mol. The minimum atomic E-state index is 0.305. The van der Waals surface area contributed by atoms with E-state index in [-0.39, 0.29) is 0 Å². The second-order valence-electron chi connectivity index (χ2n) is 4.38. The molecule has 1 aromatic rings. The van der Waals surface area contributed by atoms with E-state index in [2.05, 4.69) is 22.2 Å². The van der Waals surface area contributed by atoms with Gasteiger partial charge in [-0.2, -0.15) is 0 Å². The Balaban J connectivity index is 1.83. The second kappa shape index (κ2) is 4.79. The van der Waals surface area contributed by atoms with Crippen molar-refractivity contribution in [3.05, 3.63) is 17.5 Å². The van der Waals surface area contributed by atoms with E-state index in [1.54, 1.807) is 6.20 Å². The first-order valence-electron chi connectivity index (χ1n) is 5.46. The van der Waals surface area contributed by atoms with Gasteiger partial charge >= 0.3 is 0 Å². The lowest BCUT2D eigenvalue weighted by Gasteiger charge is -2.11. The summed E-state index contributed by atoms with van der Waals surface area (Å²) < 4.78 is 0. The predicted octanol–water partition coefficient (Wildman–Crippen LogP) is 2.98. The van der Waals surface area contributed by atoms with Crippen LogP contribution in [0.2, 0.25) is 5.28 Å². The molecule has 82 valence electrons. The van der Waals surface area contributed by atoms with Crippen molar-refractivity contribution >= 4 is 17.4 Å². The molecule has 1 fully saturated rings. The lowest BCUT2D eigenvalue weighted by atomic mass is 10.1. The van der Waals surface area contributed by atoms with Gasteiger partial charge in [-0.25, -0.2) is 9.97 Å². The van der Waals surface area contributed by atoms with Crippen LogP contribution in [0.5, 0.6) is 0 Å². The van der Waals surface area contributed by atoms with E-state index in [1.807, 2.05) is 6.07 Å². The van der Waals surface area contributed by atoms with Crippen LogP contribution in [0, 0.1) is 11.8 Å². The van der Waals surface area contributed by atoms with Crippen molar-refractivity contribution in [2.45, 2.75) is 26.2 Å². The van der Waals surface area contributed by atoms with Crippen LogP contribution in [0.1, 0.15) is 26.2 Å². The molecule has 2 unspecified atom stereocenters. The molecule has 4 heteroatoms. The van der Waals surface area contributed by atoms with Crippen molar-refractivity contribution in [2.75, 3.05) is 11.9 Å². The van der Waals surface area contributed by atoms with Crippen LogP contribution in [0.15, 0.2) is 12.3 Å². The van der Waals surface area contributed by atoms with E-state index >= 15 is 0 Å². The predicted molar refractivity (Wildman–Crippen MR) is 62.0 cm³/mol. The molecule has 1 aromatic heterocycles. The van der Waals surface area contributed by atoms with Gasteiger partial charge in [-0.05, 0) is 42.3 Å². The van der Waals surface area contributed by atoms with Gasteiger partial charge in [0.25, 0.3) is 0 Å². The summed E-state index contributed by atoms with van der Waals surface area (Å²) in [7, 11) is 0. The average molecular weight is 226 g/mol. The van der Waals surface area contributed by atoms with Crippen LogP contribution in [0.4, 0.5) is 5.82 Å². The lowest BCUT2D eigenvalue weighted by molar-refractivity contribution is 0.536. The Hall–Kier alpha value is -0.830. The maximum atomic E-state index is 5.70. The van der Waals surface area contributed by atoms with Gasteiger partial charge in [-0.15, -0.1) is 0 Å². The summed E-state index contributed by atoms with van der Waals surface area (Å²) in [5.41, 5.74) is 0. The Morgan fingerprint density at radius 1 is 1.53 bits per heavy atom. The number of halogens is 1. The van der Waals surface area contributed by atoms with Crippen molar-refractivity contribution in [3.63, 3.8) is 0 Å². The van der Waals surface area contributed by atoms with E-state index in [4.69, 9.17) is 11.6 Å². The van der Waals surface area contributed by atoms with E-state index in [0.29, 0.717) is 5.28 Å². The maximum absolute atomic E-state index is 5.70. The number of hydrogen-bond acceptors (Lipinski definition) is 3. The van der Waals surface area contributed by atoms with Crippen LogP contribution >= 0.6 is 11.6 Å². The monoisotopic (exact) mass is 225 g/mol. The number of nitrogens with zero attached hydrogens (tertiary/aromatic N) is 2. The first-order chi connectivity index (χ1) is 7.24. The fourth-order valence-electron chi connectivity index (χ4n) is 2.19. The second-order valence-corrected chi connectivity index (χ2v) is 4.71. The molecule has 1 N–H and O–H groups in total. The highest BCUT2D eigenvalue weighted by Gasteiger charge is 2.20.